The summed E-state index contributed by atoms with van der Waals surface area (Å²) in [7, 11) is 1.61. The molecule has 0 radical (unpaired) electrons. The molecule has 1 aliphatic heterocycles. The summed E-state index contributed by atoms with van der Waals surface area (Å²) in [6, 6.07) is 11.1. The van der Waals surface area contributed by atoms with E-state index in [2.05, 4.69) is 5.32 Å². The van der Waals surface area contributed by atoms with E-state index in [4.69, 9.17) is 4.74 Å². The number of hydrogen-bond donors (Lipinski definition) is 1. The molecule has 0 aromatic heterocycles. The lowest BCUT2D eigenvalue weighted by Crippen LogP contribution is -2.08. The van der Waals surface area contributed by atoms with Gasteiger partial charge in [0.15, 0.2) is 0 Å². The first kappa shape index (κ1) is 13.8. The highest BCUT2D eigenvalue weighted by molar-refractivity contribution is 5.60. The summed E-state index contributed by atoms with van der Waals surface area (Å²) < 4.78 is 42.9. The van der Waals surface area contributed by atoms with Gasteiger partial charge in [0.2, 0.25) is 0 Å². The fourth-order valence-corrected chi connectivity index (χ4v) is 2.57. The van der Waals surface area contributed by atoms with Gasteiger partial charge in [-0.15, -0.1) is 0 Å². The number of ether oxygens (including phenoxy) is 1. The third-order valence-corrected chi connectivity index (χ3v) is 3.71. The molecule has 0 saturated heterocycles. The van der Waals surface area contributed by atoms with Crippen LogP contribution >= 0.6 is 0 Å². The average molecular weight is 293 g/mol. The second-order valence-corrected chi connectivity index (χ2v) is 5.04. The summed E-state index contributed by atoms with van der Waals surface area (Å²) in [6.45, 7) is 0. The number of fused-ring (bicyclic) bond motifs is 1. The smallest absolute Gasteiger partial charge is 0.416 e. The van der Waals surface area contributed by atoms with Crippen molar-refractivity contribution in [3.63, 3.8) is 0 Å². The summed E-state index contributed by atoms with van der Waals surface area (Å²) in [5, 5.41) is 3.32. The maximum Gasteiger partial charge on any atom is 0.416 e. The lowest BCUT2D eigenvalue weighted by molar-refractivity contribution is -0.137. The van der Waals surface area contributed by atoms with E-state index >= 15 is 0 Å². The average Bonchev–Trinajstić information content (AvgIpc) is 2.89. The molecule has 1 atom stereocenters. The Balaban J connectivity index is 1.81. The summed E-state index contributed by atoms with van der Waals surface area (Å²) in [4.78, 5) is 0. The van der Waals surface area contributed by atoms with Gasteiger partial charge in [-0.3, -0.25) is 0 Å². The molecule has 2 nitrogen and oxygen atoms in total. The lowest BCUT2D eigenvalue weighted by Gasteiger charge is -2.13. The van der Waals surface area contributed by atoms with Crippen LogP contribution in [0.25, 0.3) is 0 Å². The van der Waals surface area contributed by atoms with E-state index in [1.165, 1.54) is 12.1 Å². The van der Waals surface area contributed by atoms with Crippen LogP contribution in [-0.4, -0.2) is 7.11 Å². The van der Waals surface area contributed by atoms with Crippen LogP contribution in [0.5, 0.6) is 5.75 Å². The fourth-order valence-electron chi connectivity index (χ4n) is 2.57. The monoisotopic (exact) mass is 293 g/mol. The summed E-state index contributed by atoms with van der Waals surface area (Å²) >= 11 is 0. The minimum absolute atomic E-state index is 0.00519. The van der Waals surface area contributed by atoms with E-state index in [1.807, 2.05) is 18.2 Å². The lowest BCUT2D eigenvalue weighted by atomic mass is 10.0. The molecule has 0 bridgehead atoms. The highest BCUT2D eigenvalue weighted by atomic mass is 19.4. The van der Waals surface area contributed by atoms with Crippen molar-refractivity contribution in [2.45, 2.75) is 18.6 Å². The van der Waals surface area contributed by atoms with E-state index in [1.54, 1.807) is 7.11 Å². The van der Waals surface area contributed by atoms with Gasteiger partial charge in [-0.1, -0.05) is 12.1 Å². The Morgan fingerprint density at radius 2 is 1.81 bits per heavy atom. The standard InChI is InChI=1S/C16H14F3NO/c1-21-13-6-7-14-11(8-13)9-15(20-14)10-2-4-12(5-3-10)16(17,18)19/h2-8,15,20H,9H2,1H3. The van der Waals surface area contributed by atoms with E-state index in [-0.39, 0.29) is 6.04 Å². The van der Waals surface area contributed by atoms with Crippen LogP contribution < -0.4 is 10.1 Å². The number of alkyl halides is 3. The van der Waals surface area contributed by atoms with Crippen LogP contribution in [0.1, 0.15) is 22.7 Å². The van der Waals surface area contributed by atoms with Gasteiger partial charge in [0.1, 0.15) is 5.75 Å². The Bertz CT molecular complexity index is 650. The molecule has 1 heterocycles. The number of anilines is 1. The van der Waals surface area contributed by atoms with Gasteiger partial charge in [0, 0.05) is 5.69 Å². The van der Waals surface area contributed by atoms with Crippen LogP contribution in [0, 0.1) is 0 Å². The number of benzene rings is 2. The largest absolute Gasteiger partial charge is 0.497 e. The maximum atomic E-state index is 12.6. The topological polar surface area (TPSA) is 21.3 Å². The molecule has 0 amide bonds. The van der Waals surface area contributed by atoms with Crippen LogP contribution in [0.3, 0.4) is 0 Å². The van der Waals surface area contributed by atoms with Gasteiger partial charge < -0.3 is 10.1 Å². The van der Waals surface area contributed by atoms with Crippen LogP contribution in [0.15, 0.2) is 42.5 Å². The van der Waals surface area contributed by atoms with E-state index in [9.17, 15) is 13.2 Å². The molecule has 2 aromatic rings. The molecule has 1 unspecified atom stereocenters. The van der Waals surface area contributed by atoms with Crippen molar-refractivity contribution >= 4 is 5.69 Å². The Hall–Kier alpha value is -2.17. The van der Waals surface area contributed by atoms with Gasteiger partial charge in [0.05, 0.1) is 18.7 Å². The zero-order valence-electron chi connectivity index (χ0n) is 11.4. The van der Waals surface area contributed by atoms with Crippen molar-refractivity contribution < 1.29 is 17.9 Å². The minimum Gasteiger partial charge on any atom is -0.497 e. The highest BCUT2D eigenvalue weighted by Gasteiger charge is 2.30. The number of hydrogen-bond acceptors (Lipinski definition) is 2. The summed E-state index contributed by atoms with van der Waals surface area (Å²) in [5.41, 5.74) is 2.33. The van der Waals surface area contributed by atoms with Crippen molar-refractivity contribution in [3.05, 3.63) is 59.2 Å². The molecule has 0 saturated carbocycles. The summed E-state index contributed by atoms with van der Waals surface area (Å²) in [6.07, 6.45) is -3.56. The van der Waals surface area contributed by atoms with Crippen molar-refractivity contribution in [3.8, 4) is 5.75 Å². The Labute approximate surface area is 120 Å². The molecular formula is C16H14F3NO. The van der Waals surface area contributed by atoms with Gasteiger partial charge >= 0.3 is 6.18 Å². The first-order chi connectivity index (χ1) is 9.97. The second-order valence-electron chi connectivity index (χ2n) is 5.04. The Morgan fingerprint density at radius 3 is 2.43 bits per heavy atom. The van der Waals surface area contributed by atoms with Crippen molar-refractivity contribution in [1.29, 1.82) is 0 Å². The first-order valence-electron chi connectivity index (χ1n) is 6.58. The third kappa shape index (κ3) is 2.68. The van der Waals surface area contributed by atoms with E-state index < -0.39 is 11.7 Å². The SMILES string of the molecule is COc1ccc2c(c1)CC(c1ccc(C(F)(F)F)cc1)N2. The molecule has 2 aromatic carbocycles. The van der Waals surface area contributed by atoms with Crippen LogP contribution in [0.4, 0.5) is 18.9 Å². The molecular weight excluding hydrogens is 279 g/mol. The first-order valence-corrected chi connectivity index (χ1v) is 6.58. The number of nitrogens with one attached hydrogen (secondary N) is 1. The van der Waals surface area contributed by atoms with Crippen molar-refractivity contribution in [1.82, 2.24) is 0 Å². The third-order valence-electron chi connectivity index (χ3n) is 3.71. The van der Waals surface area contributed by atoms with Crippen molar-refractivity contribution in [2.24, 2.45) is 0 Å². The van der Waals surface area contributed by atoms with Crippen LogP contribution in [-0.2, 0) is 12.6 Å². The second kappa shape index (κ2) is 4.98. The predicted molar refractivity (Wildman–Crippen MR) is 74.5 cm³/mol. The van der Waals surface area contributed by atoms with E-state index in [0.29, 0.717) is 0 Å². The molecule has 0 spiro atoms. The normalized spacial score (nSPS) is 17.2. The number of rotatable bonds is 2. The quantitative estimate of drug-likeness (QED) is 0.884. The molecule has 21 heavy (non-hydrogen) atoms. The zero-order chi connectivity index (χ0) is 15.0. The highest BCUT2D eigenvalue weighted by Crippen LogP contribution is 2.37. The number of halogens is 3. The maximum absolute atomic E-state index is 12.6. The van der Waals surface area contributed by atoms with Gasteiger partial charge in [-0.25, -0.2) is 0 Å². The zero-order valence-corrected chi connectivity index (χ0v) is 11.4. The molecule has 3 rings (SSSR count). The van der Waals surface area contributed by atoms with Gasteiger partial charge in [0.25, 0.3) is 0 Å². The van der Waals surface area contributed by atoms with Crippen molar-refractivity contribution in [2.75, 3.05) is 12.4 Å². The van der Waals surface area contributed by atoms with E-state index in [0.717, 1.165) is 41.1 Å². The van der Waals surface area contributed by atoms with Crippen LogP contribution in [0.2, 0.25) is 0 Å². The molecule has 5 heteroatoms. The Morgan fingerprint density at radius 1 is 1.10 bits per heavy atom. The fraction of sp³-hybridized carbons (Fsp3) is 0.250. The van der Waals surface area contributed by atoms with Gasteiger partial charge in [-0.05, 0) is 47.9 Å². The predicted octanol–water partition coefficient (Wildman–Crippen LogP) is 4.42. The summed E-state index contributed by atoms with van der Waals surface area (Å²) in [5.74, 6) is 0.781. The molecule has 0 fully saturated rings. The molecule has 110 valence electrons. The molecule has 0 aliphatic carbocycles. The molecule has 1 N–H and O–H groups in total. The Kier molecular flexibility index (Phi) is 3.27. The van der Waals surface area contributed by atoms with Gasteiger partial charge in [-0.2, -0.15) is 13.2 Å². The number of methoxy groups -OCH3 is 1. The molecule has 1 aliphatic rings. The minimum atomic E-state index is -4.29.